The molecule has 0 aromatic rings. The van der Waals surface area contributed by atoms with Crippen molar-refractivity contribution in [3.8, 4) is 0 Å². The molecular weight excluding hydrogens is 175 g/mol. The SMILES string of the molecule is O=C(Cl)C=CC=CC(=O)Cl. The number of carbonyl (C=O) groups is 2. The van der Waals surface area contributed by atoms with Crippen LogP contribution >= 0.6 is 23.2 Å². The molecule has 54 valence electrons. The Bertz CT molecular complexity index is 172. The predicted octanol–water partition coefficient (Wildman–Crippen LogP) is 1.63. The molecule has 0 rings (SSSR count). The zero-order valence-corrected chi connectivity index (χ0v) is 6.39. The highest BCUT2D eigenvalue weighted by Gasteiger charge is 1.83. The monoisotopic (exact) mass is 178 g/mol. The second-order valence-electron chi connectivity index (χ2n) is 1.33. The van der Waals surface area contributed by atoms with Gasteiger partial charge in [-0.15, -0.1) is 0 Å². The fraction of sp³-hybridized carbons (Fsp3) is 0. The number of carbonyl (C=O) groups excluding carboxylic acids is 2. The Morgan fingerprint density at radius 1 is 0.900 bits per heavy atom. The van der Waals surface area contributed by atoms with Crippen molar-refractivity contribution in [2.45, 2.75) is 0 Å². The van der Waals surface area contributed by atoms with Crippen molar-refractivity contribution in [3.05, 3.63) is 24.3 Å². The van der Waals surface area contributed by atoms with Crippen LogP contribution in [0.3, 0.4) is 0 Å². The van der Waals surface area contributed by atoms with Crippen molar-refractivity contribution in [1.82, 2.24) is 0 Å². The third kappa shape index (κ3) is 7.40. The summed E-state index contributed by atoms with van der Waals surface area (Å²) in [6.45, 7) is 0. The molecule has 0 saturated heterocycles. The normalized spacial score (nSPS) is 11.0. The van der Waals surface area contributed by atoms with Gasteiger partial charge in [0.15, 0.2) is 0 Å². The first-order valence-electron chi connectivity index (χ1n) is 2.36. The highest BCUT2D eigenvalue weighted by molar-refractivity contribution is 6.67. The van der Waals surface area contributed by atoms with Gasteiger partial charge in [-0.25, -0.2) is 0 Å². The summed E-state index contributed by atoms with van der Waals surface area (Å²) in [4.78, 5) is 20.0. The summed E-state index contributed by atoms with van der Waals surface area (Å²) < 4.78 is 0. The standard InChI is InChI=1S/C6H4Cl2O2/c7-5(9)3-1-2-4-6(8)10/h1-4H. The summed E-state index contributed by atoms with van der Waals surface area (Å²) in [5.41, 5.74) is 0. The zero-order chi connectivity index (χ0) is 7.98. The second kappa shape index (κ2) is 5.21. The van der Waals surface area contributed by atoms with Crippen LogP contribution in [0.1, 0.15) is 0 Å². The Balaban J connectivity index is 3.73. The van der Waals surface area contributed by atoms with Crippen LogP contribution in [-0.4, -0.2) is 10.5 Å². The van der Waals surface area contributed by atoms with Crippen molar-refractivity contribution in [2.24, 2.45) is 0 Å². The van der Waals surface area contributed by atoms with Crippen molar-refractivity contribution in [1.29, 1.82) is 0 Å². The molecule has 0 spiro atoms. The molecule has 4 heteroatoms. The van der Waals surface area contributed by atoms with Crippen LogP contribution in [0.25, 0.3) is 0 Å². The van der Waals surface area contributed by atoms with E-state index in [0.717, 1.165) is 12.2 Å². The van der Waals surface area contributed by atoms with Gasteiger partial charge < -0.3 is 0 Å². The molecule has 0 aliphatic carbocycles. The lowest BCUT2D eigenvalue weighted by molar-refractivity contribution is -0.108. The molecular formula is C6H4Cl2O2. The van der Waals surface area contributed by atoms with Gasteiger partial charge in [0.25, 0.3) is 0 Å². The van der Waals surface area contributed by atoms with Crippen LogP contribution in [-0.2, 0) is 9.59 Å². The summed E-state index contributed by atoms with van der Waals surface area (Å²) in [6.07, 6.45) is 4.88. The molecule has 0 bridgehead atoms. The van der Waals surface area contributed by atoms with E-state index in [0.29, 0.717) is 0 Å². The average Bonchev–Trinajstić information content (AvgIpc) is 1.79. The van der Waals surface area contributed by atoms with Gasteiger partial charge in [-0.05, 0) is 35.4 Å². The highest BCUT2D eigenvalue weighted by Crippen LogP contribution is 1.86. The van der Waals surface area contributed by atoms with E-state index in [4.69, 9.17) is 23.2 Å². The first-order chi connectivity index (χ1) is 4.63. The lowest BCUT2D eigenvalue weighted by Gasteiger charge is -1.72. The Kier molecular flexibility index (Phi) is 4.89. The molecule has 0 fully saturated rings. The van der Waals surface area contributed by atoms with E-state index in [1.165, 1.54) is 12.2 Å². The Hall–Kier alpha value is -0.600. The largest absolute Gasteiger partial charge is 0.276 e. The molecule has 0 amide bonds. The summed E-state index contributed by atoms with van der Waals surface area (Å²) in [7, 11) is 0. The number of hydrogen-bond donors (Lipinski definition) is 0. The zero-order valence-electron chi connectivity index (χ0n) is 4.88. The smallest absolute Gasteiger partial charge is 0.245 e. The molecule has 0 aromatic heterocycles. The van der Waals surface area contributed by atoms with Crippen LogP contribution in [0, 0.1) is 0 Å². The van der Waals surface area contributed by atoms with Gasteiger partial charge in [0.05, 0.1) is 0 Å². The fourth-order valence-electron chi connectivity index (χ4n) is 0.262. The average molecular weight is 179 g/mol. The Morgan fingerprint density at radius 3 is 1.40 bits per heavy atom. The summed E-state index contributed by atoms with van der Waals surface area (Å²) in [5, 5.41) is -1.18. The van der Waals surface area contributed by atoms with Gasteiger partial charge in [0.2, 0.25) is 10.5 Å². The first-order valence-corrected chi connectivity index (χ1v) is 3.12. The van der Waals surface area contributed by atoms with E-state index in [-0.39, 0.29) is 0 Å². The number of halogens is 2. The lowest BCUT2D eigenvalue weighted by Crippen LogP contribution is -1.74. The minimum Gasteiger partial charge on any atom is -0.276 e. The van der Waals surface area contributed by atoms with Gasteiger partial charge in [0.1, 0.15) is 0 Å². The van der Waals surface area contributed by atoms with Gasteiger partial charge in [-0.1, -0.05) is 12.2 Å². The minimum absolute atomic E-state index is 0.591. The van der Waals surface area contributed by atoms with Gasteiger partial charge in [-0.2, -0.15) is 0 Å². The third-order valence-electron chi connectivity index (χ3n) is 0.566. The van der Waals surface area contributed by atoms with E-state index in [2.05, 4.69) is 0 Å². The van der Waals surface area contributed by atoms with E-state index in [9.17, 15) is 9.59 Å². The van der Waals surface area contributed by atoms with Gasteiger partial charge in [0, 0.05) is 0 Å². The molecule has 0 saturated carbocycles. The maximum atomic E-state index is 10.0. The van der Waals surface area contributed by atoms with E-state index in [1.54, 1.807) is 0 Å². The van der Waals surface area contributed by atoms with Crippen molar-refractivity contribution >= 4 is 33.7 Å². The molecule has 10 heavy (non-hydrogen) atoms. The Labute approximate surface area is 68.1 Å². The minimum atomic E-state index is -0.591. The topological polar surface area (TPSA) is 34.1 Å². The maximum Gasteiger partial charge on any atom is 0.245 e. The first kappa shape index (κ1) is 9.40. The van der Waals surface area contributed by atoms with Crippen LogP contribution in [0.15, 0.2) is 24.3 Å². The van der Waals surface area contributed by atoms with Crippen LogP contribution in [0.4, 0.5) is 0 Å². The molecule has 0 atom stereocenters. The van der Waals surface area contributed by atoms with E-state index < -0.39 is 10.5 Å². The molecule has 0 aliphatic rings. The summed E-state index contributed by atoms with van der Waals surface area (Å²) >= 11 is 9.83. The van der Waals surface area contributed by atoms with Gasteiger partial charge in [-0.3, -0.25) is 9.59 Å². The quantitative estimate of drug-likeness (QED) is 0.374. The third-order valence-corrected chi connectivity index (χ3v) is 0.818. The maximum absolute atomic E-state index is 10.0. The molecule has 0 aliphatic heterocycles. The van der Waals surface area contributed by atoms with Crippen LogP contribution < -0.4 is 0 Å². The molecule has 2 nitrogen and oxygen atoms in total. The predicted molar refractivity (Wildman–Crippen MR) is 40.0 cm³/mol. The Morgan fingerprint density at radius 2 is 1.20 bits per heavy atom. The fourth-order valence-corrected chi connectivity index (χ4v) is 0.408. The highest BCUT2D eigenvalue weighted by atomic mass is 35.5. The number of allylic oxidation sites excluding steroid dienone is 4. The van der Waals surface area contributed by atoms with Crippen molar-refractivity contribution in [2.75, 3.05) is 0 Å². The van der Waals surface area contributed by atoms with Crippen LogP contribution in [0.2, 0.25) is 0 Å². The second-order valence-corrected chi connectivity index (χ2v) is 2.07. The summed E-state index contributed by atoms with van der Waals surface area (Å²) in [6, 6.07) is 0. The van der Waals surface area contributed by atoms with Crippen molar-refractivity contribution in [3.63, 3.8) is 0 Å². The number of hydrogen-bond acceptors (Lipinski definition) is 2. The molecule has 0 radical (unpaired) electrons. The number of rotatable bonds is 3. The van der Waals surface area contributed by atoms with E-state index in [1.807, 2.05) is 0 Å². The van der Waals surface area contributed by atoms with Gasteiger partial charge >= 0.3 is 0 Å². The van der Waals surface area contributed by atoms with Crippen LogP contribution in [0.5, 0.6) is 0 Å². The molecule has 0 aromatic carbocycles. The lowest BCUT2D eigenvalue weighted by atomic mass is 10.4. The van der Waals surface area contributed by atoms with Crippen molar-refractivity contribution < 1.29 is 9.59 Å². The summed E-state index contributed by atoms with van der Waals surface area (Å²) in [5.74, 6) is 0. The molecule has 0 heterocycles. The molecule has 0 N–H and O–H groups in total. The van der Waals surface area contributed by atoms with E-state index >= 15 is 0 Å². The molecule has 0 unspecified atom stereocenters.